The van der Waals surface area contributed by atoms with Gasteiger partial charge in [0, 0.05) is 56.4 Å². The molecule has 3 atom stereocenters. The molecule has 0 saturated carbocycles. The standard InChI is InChI=1S/C22H24F3N3O3S.C4H4O4/c23-18-11-20(25)19(24)9-15(18)8-16(26)10-22(29)28-7-6-14-12-27(13-21(14)28)32(30,31)17-4-2-1-3-5-17;5-3(6)1-2-4(7)8/h1-5,9,11,14,16,21H,6-8,10,12-13,26H2;1-2H,(H,5,6)(H,7,8)/b;2-1+/t14-,16+,21+;/m0./s1. The molecule has 2 heterocycles. The van der Waals surface area contributed by atoms with Gasteiger partial charge in [-0.05, 0) is 42.5 Å². The summed E-state index contributed by atoms with van der Waals surface area (Å²) in [6.07, 6.45) is 1.58. The maximum absolute atomic E-state index is 13.9. The molecule has 10 nitrogen and oxygen atoms in total. The van der Waals surface area contributed by atoms with Crippen molar-refractivity contribution in [1.29, 1.82) is 0 Å². The molecule has 2 aliphatic rings. The van der Waals surface area contributed by atoms with E-state index >= 15 is 0 Å². The van der Waals surface area contributed by atoms with Crippen molar-refractivity contribution >= 4 is 27.9 Å². The Morgan fingerprint density at radius 1 is 0.975 bits per heavy atom. The summed E-state index contributed by atoms with van der Waals surface area (Å²) in [5.41, 5.74) is 5.91. The van der Waals surface area contributed by atoms with E-state index in [1.807, 2.05) is 0 Å². The molecule has 2 aromatic rings. The van der Waals surface area contributed by atoms with Gasteiger partial charge in [-0.3, -0.25) is 4.79 Å². The molecule has 2 aromatic carbocycles. The molecule has 4 N–H and O–H groups in total. The van der Waals surface area contributed by atoms with Gasteiger partial charge >= 0.3 is 11.9 Å². The number of carbonyl (C=O) groups excluding carboxylic acids is 1. The molecule has 2 saturated heterocycles. The fourth-order valence-corrected chi connectivity index (χ4v) is 6.27. The Hall–Kier alpha value is -3.75. The molecule has 2 fully saturated rings. The van der Waals surface area contributed by atoms with E-state index in [4.69, 9.17) is 15.9 Å². The summed E-state index contributed by atoms with van der Waals surface area (Å²) in [4.78, 5) is 33.8. The first-order chi connectivity index (χ1) is 18.8. The van der Waals surface area contributed by atoms with E-state index < -0.39 is 45.5 Å². The van der Waals surface area contributed by atoms with E-state index in [1.165, 1.54) is 4.31 Å². The second-order valence-corrected chi connectivity index (χ2v) is 11.3. The van der Waals surface area contributed by atoms with Gasteiger partial charge in [-0.15, -0.1) is 0 Å². The molecule has 0 aromatic heterocycles. The molecule has 0 aliphatic carbocycles. The number of carboxylic acids is 2. The van der Waals surface area contributed by atoms with Gasteiger partial charge in [-0.1, -0.05) is 18.2 Å². The number of amides is 1. The fraction of sp³-hybridized carbons (Fsp3) is 0.346. The van der Waals surface area contributed by atoms with Crippen LogP contribution in [0.5, 0.6) is 0 Å². The third-order valence-corrected chi connectivity index (χ3v) is 8.44. The summed E-state index contributed by atoms with van der Waals surface area (Å²) in [5, 5.41) is 15.6. The number of rotatable bonds is 8. The Bertz CT molecular complexity index is 1370. The molecule has 0 spiro atoms. The average molecular weight is 584 g/mol. The smallest absolute Gasteiger partial charge is 0.328 e. The number of likely N-dealkylation sites (tertiary alicyclic amines) is 1. The number of hydrogen-bond acceptors (Lipinski definition) is 6. The topological polar surface area (TPSA) is 158 Å². The van der Waals surface area contributed by atoms with Gasteiger partial charge in [0.2, 0.25) is 15.9 Å². The number of hydrogen-bond donors (Lipinski definition) is 3. The predicted molar refractivity (Wildman–Crippen MR) is 136 cm³/mol. The van der Waals surface area contributed by atoms with E-state index in [1.54, 1.807) is 35.2 Å². The first kappa shape index (κ1) is 30.8. The van der Waals surface area contributed by atoms with Gasteiger partial charge < -0.3 is 20.8 Å². The summed E-state index contributed by atoms with van der Waals surface area (Å²) in [7, 11) is -3.64. The second-order valence-electron chi connectivity index (χ2n) is 9.37. The van der Waals surface area contributed by atoms with Crippen molar-refractivity contribution in [3.05, 3.63) is 77.6 Å². The van der Waals surface area contributed by atoms with Crippen molar-refractivity contribution < 1.29 is 46.2 Å². The number of nitrogens with zero attached hydrogens (tertiary/aromatic N) is 2. The van der Waals surface area contributed by atoms with Crippen molar-refractivity contribution in [2.75, 3.05) is 19.6 Å². The molecule has 4 rings (SSSR count). The van der Waals surface area contributed by atoms with Gasteiger partial charge in [0.05, 0.1) is 4.90 Å². The number of carboxylic acid groups (broad SMARTS) is 2. The number of sulfonamides is 1. The van der Waals surface area contributed by atoms with Gasteiger partial charge in [0.25, 0.3) is 0 Å². The Labute approximate surface area is 228 Å². The zero-order chi connectivity index (χ0) is 29.6. The number of fused-ring (bicyclic) bond motifs is 1. The average Bonchev–Trinajstić information content (AvgIpc) is 3.49. The van der Waals surface area contributed by atoms with Crippen LogP contribution in [0.3, 0.4) is 0 Å². The fourth-order valence-electron chi connectivity index (χ4n) is 4.73. The normalized spacial score (nSPS) is 19.6. The predicted octanol–water partition coefficient (Wildman–Crippen LogP) is 2.00. The minimum atomic E-state index is -3.64. The van der Waals surface area contributed by atoms with E-state index in [-0.39, 0.29) is 47.7 Å². The lowest BCUT2D eigenvalue weighted by Crippen LogP contribution is -2.43. The van der Waals surface area contributed by atoms with E-state index in [0.29, 0.717) is 37.7 Å². The quantitative estimate of drug-likeness (QED) is 0.315. The Balaban J connectivity index is 0.000000482. The minimum absolute atomic E-state index is 0.0392. The lowest BCUT2D eigenvalue weighted by atomic mass is 10.0. The van der Waals surface area contributed by atoms with Crippen LogP contribution in [0.4, 0.5) is 13.2 Å². The molecule has 216 valence electrons. The van der Waals surface area contributed by atoms with Crippen LogP contribution in [0.15, 0.2) is 59.5 Å². The number of halogens is 3. The number of aliphatic carboxylic acids is 2. The van der Waals surface area contributed by atoms with Gasteiger partial charge in [-0.25, -0.2) is 31.2 Å². The van der Waals surface area contributed by atoms with Gasteiger partial charge in [0.1, 0.15) is 5.82 Å². The van der Waals surface area contributed by atoms with Crippen LogP contribution in [0.1, 0.15) is 18.4 Å². The van der Waals surface area contributed by atoms with E-state index in [9.17, 15) is 36.0 Å². The number of nitrogens with two attached hydrogens (primary N) is 1. The Morgan fingerprint density at radius 3 is 2.17 bits per heavy atom. The summed E-state index contributed by atoms with van der Waals surface area (Å²) >= 11 is 0. The molecule has 40 heavy (non-hydrogen) atoms. The molecule has 2 aliphatic heterocycles. The van der Waals surface area contributed by atoms with Crippen molar-refractivity contribution in [2.24, 2.45) is 11.7 Å². The molecule has 0 bridgehead atoms. The van der Waals surface area contributed by atoms with Crippen LogP contribution in [-0.2, 0) is 30.8 Å². The summed E-state index contributed by atoms with van der Waals surface area (Å²) in [6, 6.07) is 8.35. The van der Waals surface area contributed by atoms with Crippen molar-refractivity contribution in [1.82, 2.24) is 9.21 Å². The van der Waals surface area contributed by atoms with Crippen LogP contribution >= 0.6 is 0 Å². The Morgan fingerprint density at radius 2 is 1.57 bits per heavy atom. The number of carbonyl (C=O) groups is 3. The summed E-state index contributed by atoms with van der Waals surface area (Å²) < 4.78 is 67.6. The molecular formula is C26H28F3N3O7S. The maximum atomic E-state index is 13.9. The van der Waals surface area contributed by atoms with E-state index in [2.05, 4.69) is 0 Å². The van der Waals surface area contributed by atoms with Crippen LogP contribution in [-0.4, -0.2) is 77.4 Å². The lowest BCUT2D eigenvalue weighted by molar-refractivity contribution is -0.134. The van der Waals surface area contributed by atoms with Gasteiger partial charge in [0.15, 0.2) is 11.6 Å². The van der Waals surface area contributed by atoms with Crippen LogP contribution < -0.4 is 5.73 Å². The third-order valence-electron chi connectivity index (χ3n) is 6.59. The highest BCUT2D eigenvalue weighted by Crippen LogP contribution is 2.35. The molecule has 14 heteroatoms. The lowest BCUT2D eigenvalue weighted by Gasteiger charge is -2.26. The molecule has 1 amide bonds. The third kappa shape index (κ3) is 7.67. The largest absolute Gasteiger partial charge is 0.478 e. The maximum Gasteiger partial charge on any atom is 0.328 e. The SMILES string of the molecule is N[C@@H](CC(=O)N1CC[C@H]2CN(S(=O)(=O)c3ccccc3)C[C@H]21)Cc1cc(F)c(F)cc1F.O=C(O)/C=C/C(=O)O. The molecule has 0 radical (unpaired) electrons. The number of benzene rings is 2. The Kier molecular flexibility index (Phi) is 10.1. The molecule has 0 unspecified atom stereocenters. The zero-order valence-electron chi connectivity index (χ0n) is 21.1. The first-order valence-electron chi connectivity index (χ1n) is 12.2. The summed E-state index contributed by atoms with van der Waals surface area (Å²) in [5.74, 6) is -6.10. The van der Waals surface area contributed by atoms with Gasteiger partial charge in [-0.2, -0.15) is 4.31 Å². The van der Waals surface area contributed by atoms with Crippen LogP contribution in [0.2, 0.25) is 0 Å². The van der Waals surface area contributed by atoms with Crippen molar-refractivity contribution in [2.45, 2.75) is 36.2 Å². The first-order valence-corrected chi connectivity index (χ1v) is 13.6. The monoisotopic (exact) mass is 583 g/mol. The highest BCUT2D eigenvalue weighted by Gasteiger charge is 2.46. The second kappa shape index (κ2) is 13.1. The van der Waals surface area contributed by atoms with Crippen LogP contribution in [0.25, 0.3) is 0 Å². The highest BCUT2D eigenvalue weighted by atomic mass is 32.2. The van der Waals surface area contributed by atoms with Crippen molar-refractivity contribution in [3.8, 4) is 0 Å². The highest BCUT2D eigenvalue weighted by molar-refractivity contribution is 7.89. The molecular weight excluding hydrogens is 555 g/mol. The van der Waals surface area contributed by atoms with E-state index in [0.717, 1.165) is 6.07 Å². The minimum Gasteiger partial charge on any atom is -0.478 e. The summed E-state index contributed by atoms with van der Waals surface area (Å²) in [6.45, 7) is 1.05. The van der Waals surface area contributed by atoms with Crippen LogP contribution in [0, 0.1) is 23.4 Å². The zero-order valence-corrected chi connectivity index (χ0v) is 21.9. The van der Waals surface area contributed by atoms with Crippen molar-refractivity contribution in [3.63, 3.8) is 0 Å².